The molecule has 2 heteroatoms. The van der Waals surface area contributed by atoms with E-state index >= 15 is 0 Å². The number of hydrogen-bond acceptors (Lipinski definition) is 2. The number of terminal acetylenes is 1. The minimum absolute atomic E-state index is 0.693. The molecule has 0 aliphatic rings. The highest BCUT2D eigenvalue weighted by atomic mass is 16.5. The van der Waals surface area contributed by atoms with E-state index in [1.165, 1.54) is 0 Å². The predicted octanol–water partition coefficient (Wildman–Crippen LogP) is 1.14. The standard InChI is InChI=1S/C8H14O2/c1-6-10-8(4,5)7(2,3)9/h1,9H,2-5H3. The molecular weight excluding hydrogens is 128 g/mol. The summed E-state index contributed by atoms with van der Waals surface area (Å²) in [5.41, 5.74) is -1.61. The van der Waals surface area contributed by atoms with Gasteiger partial charge in [-0.25, -0.2) is 0 Å². The van der Waals surface area contributed by atoms with Crippen molar-refractivity contribution in [2.45, 2.75) is 38.9 Å². The fraction of sp³-hybridized carbons (Fsp3) is 0.750. The summed E-state index contributed by atoms with van der Waals surface area (Å²) in [5, 5.41) is 9.46. The molecule has 58 valence electrons. The van der Waals surface area contributed by atoms with E-state index in [4.69, 9.17) is 11.2 Å². The zero-order valence-corrected chi connectivity index (χ0v) is 6.93. The van der Waals surface area contributed by atoms with Gasteiger partial charge in [-0.2, -0.15) is 0 Å². The Morgan fingerprint density at radius 1 is 1.30 bits per heavy atom. The molecule has 1 N–H and O–H groups in total. The summed E-state index contributed by atoms with van der Waals surface area (Å²) < 4.78 is 4.87. The lowest BCUT2D eigenvalue weighted by molar-refractivity contribution is -0.106. The monoisotopic (exact) mass is 142 g/mol. The molecule has 2 nitrogen and oxygen atoms in total. The lowest BCUT2D eigenvalue weighted by Gasteiger charge is -2.34. The third kappa shape index (κ3) is 1.93. The van der Waals surface area contributed by atoms with Crippen LogP contribution in [0.25, 0.3) is 0 Å². The molecule has 0 fully saturated rings. The van der Waals surface area contributed by atoms with Gasteiger partial charge in [-0.3, -0.25) is 0 Å². The molecule has 0 rings (SSSR count). The summed E-state index contributed by atoms with van der Waals surface area (Å²) in [6, 6.07) is 0. The van der Waals surface area contributed by atoms with Gasteiger partial charge in [0.25, 0.3) is 0 Å². The molecule has 0 spiro atoms. The number of hydrogen-bond donors (Lipinski definition) is 1. The molecule has 0 bridgehead atoms. The maximum atomic E-state index is 9.46. The van der Waals surface area contributed by atoms with Crippen LogP contribution in [0.3, 0.4) is 0 Å². The molecule has 0 unspecified atom stereocenters. The van der Waals surface area contributed by atoms with Crippen molar-refractivity contribution in [2.24, 2.45) is 0 Å². The first-order chi connectivity index (χ1) is 4.31. The Hall–Kier alpha value is -0.680. The minimum Gasteiger partial charge on any atom is -0.438 e. The molecule has 0 aliphatic heterocycles. The Kier molecular flexibility index (Phi) is 2.34. The third-order valence-electron chi connectivity index (χ3n) is 1.79. The first-order valence-electron chi connectivity index (χ1n) is 3.17. The highest BCUT2D eigenvalue weighted by molar-refractivity contribution is 4.91. The van der Waals surface area contributed by atoms with Crippen molar-refractivity contribution < 1.29 is 9.84 Å². The maximum Gasteiger partial charge on any atom is 0.143 e. The van der Waals surface area contributed by atoms with Gasteiger partial charge >= 0.3 is 0 Å². The Morgan fingerprint density at radius 3 is 1.80 bits per heavy atom. The summed E-state index contributed by atoms with van der Waals surface area (Å²) in [5.74, 6) is 0. The van der Waals surface area contributed by atoms with E-state index in [0.29, 0.717) is 0 Å². The fourth-order valence-corrected chi connectivity index (χ4v) is 0.272. The van der Waals surface area contributed by atoms with Crippen molar-refractivity contribution >= 4 is 0 Å². The van der Waals surface area contributed by atoms with Crippen molar-refractivity contribution in [2.75, 3.05) is 0 Å². The highest BCUT2D eigenvalue weighted by Gasteiger charge is 2.36. The van der Waals surface area contributed by atoms with E-state index in [0.717, 1.165) is 0 Å². The molecule has 0 radical (unpaired) electrons. The topological polar surface area (TPSA) is 29.5 Å². The van der Waals surface area contributed by atoms with Gasteiger partial charge in [0.1, 0.15) is 11.7 Å². The van der Waals surface area contributed by atoms with Crippen LogP contribution in [0.15, 0.2) is 0 Å². The van der Waals surface area contributed by atoms with E-state index in [1.54, 1.807) is 27.7 Å². The molecule has 0 aromatic heterocycles. The van der Waals surface area contributed by atoms with Gasteiger partial charge < -0.3 is 9.84 Å². The van der Waals surface area contributed by atoms with Crippen LogP contribution in [-0.4, -0.2) is 16.3 Å². The van der Waals surface area contributed by atoms with Gasteiger partial charge in [0.05, 0.1) is 5.60 Å². The summed E-state index contributed by atoms with van der Waals surface area (Å²) >= 11 is 0. The highest BCUT2D eigenvalue weighted by Crippen LogP contribution is 2.23. The lowest BCUT2D eigenvalue weighted by Crippen LogP contribution is -2.46. The molecule has 0 saturated heterocycles. The van der Waals surface area contributed by atoms with Crippen LogP contribution in [0.1, 0.15) is 27.7 Å². The molecule has 10 heavy (non-hydrogen) atoms. The Labute approximate surface area is 62.2 Å². The van der Waals surface area contributed by atoms with Crippen LogP contribution in [0.2, 0.25) is 0 Å². The SMILES string of the molecule is C#COC(C)(C)C(C)(C)O. The molecule has 0 atom stereocenters. The van der Waals surface area contributed by atoms with E-state index in [9.17, 15) is 5.11 Å². The van der Waals surface area contributed by atoms with Gasteiger partial charge in [-0.15, -0.1) is 0 Å². The third-order valence-corrected chi connectivity index (χ3v) is 1.79. The molecular formula is C8H14O2. The van der Waals surface area contributed by atoms with Crippen LogP contribution >= 0.6 is 0 Å². The van der Waals surface area contributed by atoms with Gasteiger partial charge in [-0.1, -0.05) is 6.42 Å². The Bertz CT molecular complexity index is 146. The quantitative estimate of drug-likeness (QED) is 0.586. The molecule has 0 aromatic carbocycles. The van der Waals surface area contributed by atoms with Crippen molar-refractivity contribution in [1.82, 2.24) is 0 Å². The van der Waals surface area contributed by atoms with E-state index < -0.39 is 11.2 Å². The molecule has 0 saturated carbocycles. The average molecular weight is 142 g/mol. The van der Waals surface area contributed by atoms with Crippen molar-refractivity contribution in [3.8, 4) is 12.5 Å². The maximum absolute atomic E-state index is 9.46. The minimum atomic E-state index is -0.917. The van der Waals surface area contributed by atoms with Gasteiger partial charge in [0.15, 0.2) is 0 Å². The first kappa shape index (κ1) is 9.32. The molecule has 0 aromatic rings. The van der Waals surface area contributed by atoms with Gasteiger partial charge in [0.2, 0.25) is 0 Å². The zero-order valence-electron chi connectivity index (χ0n) is 6.93. The van der Waals surface area contributed by atoms with Gasteiger partial charge in [-0.05, 0) is 27.7 Å². The number of ether oxygens (including phenoxy) is 1. The van der Waals surface area contributed by atoms with Crippen molar-refractivity contribution in [3.05, 3.63) is 0 Å². The van der Waals surface area contributed by atoms with Crippen LogP contribution < -0.4 is 0 Å². The summed E-state index contributed by atoms with van der Waals surface area (Å²) in [4.78, 5) is 0. The first-order valence-corrected chi connectivity index (χ1v) is 3.17. The van der Waals surface area contributed by atoms with Crippen LogP contribution in [0, 0.1) is 12.5 Å². The number of aliphatic hydroxyl groups is 1. The molecule has 0 aliphatic carbocycles. The lowest BCUT2D eigenvalue weighted by atomic mass is 9.90. The van der Waals surface area contributed by atoms with Crippen molar-refractivity contribution in [3.63, 3.8) is 0 Å². The summed E-state index contributed by atoms with van der Waals surface area (Å²) in [6.07, 6.45) is 6.98. The van der Waals surface area contributed by atoms with Gasteiger partial charge in [0, 0.05) is 0 Å². The molecule has 0 heterocycles. The zero-order chi connectivity index (χ0) is 8.41. The smallest absolute Gasteiger partial charge is 0.143 e. The van der Waals surface area contributed by atoms with Crippen molar-refractivity contribution in [1.29, 1.82) is 0 Å². The Morgan fingerprint density at radius 2 is 1.70 bits per heavy atom. The Balaban J connectivity index is 4.28. The van der Waals surface area contributed by atoms with E-state index in [-0.39, 0.29) is 0 Å². The van der Waals surface area contributed by atoms with E-state index in [2.05, 4.69) is 6.11 Å². The second-order valence-electron chi connectivity index (χ2n) is 3.29. The summed E-state index contributed by atoms with van der Waals surface area (Å²) in [6.45, 7) is 6.80. The second kappa shape index (κ2) is 2.51. The molecule has 0 amide bonds. The van der Waals surface area contributed by atoms with E-state index in [1.807, 2.05) is 0 Å². The predicted molar refractivity (Wildman–Crippen MR) is 40.3 cm³/mol. The second-order valence-corrected chi connectivity index (χ2v) is 3.29. The summed E-state index contributed by atoms with van der Waals surface area (Å²) in [7, 11) is 0. The van der Waals surface area contributed by atoms with Crippen LogP contribution in [0.5, 0.6) is 0 Å². The fourth-order valence-electron chi connectivity index (χ4n) is 0.272. The largest absolute Gasteiger partial charge is 0.438 e. The van der Waals surface area contributed by atoms with Crippen LogP contribution in [0.4, 0.5) is 0 Å². The normalized spacial score (nSPS) is 12.4. The average Bonchev–Trinajstić information content (AvgIpc) is 1.61. The number of rotatable bonds is 2. The van der Waals surface area contributed by atoms with Crippen LogP contribution in [-0.2, 0) is 4.74 Å².